The molecule has 6 nitrogen and oxygen atoms in total. The molecule has 0 aromatic heterocycles. The first kappa shape index (κ1) is 22.0. The topological polar surface area (TPSA) is 73.6 Å². The van der Waals surface area contributed by atoms with Gasteiger partial charge in [0.1, 0.15) is 0 Å². The number of hydrogen-bond donors (Lipinski definition) is 3. The largest absolute Gasteiger partial charge is 0.399 e. The minimum Gasteiger partial charge on any atom is -0.399 e. The molecular weight excluding hydrogens is 374 g/mol. The molecular formula is C24H35N5O. The molecule has 6 heteroatoms. The fourth-order valence-electron chi connectivity index (χ4n) is 4.07. The second kappa shape index (κ2) is 10.3. The van der Waals surface area contributed by atoms with Gasteiger partial charge in [0, 0.05) is 68.9 Å². The van der Waals surface area contributed by atoms with Crippen LogP contribution in [0.1, 0.15) is 26.3 Å². The number of piperazine rings is 1. The number of hydrogen-bond acceptors (Lipinski definition) is 5. The molecule has 2 aliphatic heterocycles. The van der Waals surface area contributed by atoms with E-state index >= 15 is 0 Å². The number of anilines is 4. The summed E-state index contributed by atoms with van der Waals surface area (Å²) in [6.07, 6.45) is 1.07. The molecule has 2 heterocycles. The van der Waals surface area contributed by atoms with Crippen molar-refractivity contribution in [2.75, 3.05) is 60.1 Å². The average molecular weight is 410 g/mol. The third-order valence-electron chi connectivity index (χ3n) is 5.57. The Morgan fingerprint density at radius 1 is 1.17 bits per heavy atom. The number of benzene rings is 2. The van der Waals surface area contributed by atoms with Crippen molar-refractivity contribution < 1.29 is 4.79 Å². The summed E-state index contributed by atoms with van der Waals surface area (Å²) in [5.41, 5.74) is 11.1. The zero-order valence-electron chi connectivity index (χ0n) is 18.4. The number of rotatable bonds is 3. The fraction of sp³-hybridized carbons (Fsp3) is 0.458. The van der Waals surface area contributed by atoms with Crippen molar-refractivity contribution in [2.24, 2.45) is 5.92 Å². The smallest absolute Gasteiger partial charge is 0.223 e. The quantitative estimate of drug-likeness (QED) is 0.678. The van der Waals surface area contributed by atoms with Crippen LogP contribution in [-0.4, -0.2) is 45.2 Å². The van der Waals surface area contributed by atoms with Crippen LogP contribution >= 0.6 is 0 Å². The first-order valence-electron chi connectivity index (χ1n) is 10.9. The van der Waals surface area contributed by atoms with Gasteiger partial charge in [0.05, 0.1) is 0 Å². The summed E-state index contributed by atoms with van der Waals surface area (Å²) in [5, 5.41) is 6.56. The highest BCUT2D eigenvalue weighted by Crippen LogP contribution is 2.33. The van der Waals surface area contributed by atoms with Crippen LogP contribution in [0, 0.1) is 5.92 Å². The van der Waals surface area contributed by atoms with Crippen molar-refractivity contribution in [3.63, 3.8) is 0 Å². The van der Waals surface area contributed by atoms with Crippen LogP contribution in [0.25, 0.3) is 0 Å². The van der Waals surface area contributed by atoms with E-state index in [-0.39, 0.29) is 5.91 Å². The Morgan fingerprint density at radius 3 is 2.50 bits per heavy atom. The lowest BCUT2D eigenvalue weighted by Crippen LogP contribution is -2.43. The molecule has 0 spiro atoms. The molecule has 0 radical (unpaired) electrons. The van der Waals surface area contributed by atoms with Gasteiger partial charge in [0.15, 0.2) is 0 Å². The van der Waals surface area contributed by atoms with Crippen LogP contribution in [-0.2, 0) is 11.2 Å². The molecule has 4 N–H and O–H groups in total. The molecule has 2 aromatic carbocycles. The third kappa shape index (κ3) is 5.66. The van der Waals surface area contributed by atoms with Crippen LogP contribution in [0.2, 0.25) is 0 Å². The third-order valence-corrected chi connectivity index (χ3v) is 5.57. The Morgan fingerprint density at radius 2 is 1.87 bits per heavy atom. The van der Waals surface area contributed by atoms with Crippen LogP contribution in [0.15, 0.2) is 42.5 Å². The highest BCUT2D eigenvalue weighted by Gasteiger charge is 2.25. The number of nitrogens with zero attached hydrogens (tertiary/aromatic N) is 2. The zero-order valence-corrected chi connectivity index (χ0v) is 18.4. The molecule has 1 amide bonds. The predicted molar refractivity (Wildman–Crippen MR) is 127 cm³/mol. The number of amides is 1. The summed E-state index contributed by atoms with van der Waals surface area (Å²) in [5.74, 6) is 0.678. The second-order valence-electron chi connectivity index (χ2n) is 8.14. The van der Waals surface area contributed by atoms with Crippen molar-refractivity contribution >= 4 is 28.7 Å². The zero-order chi connectivity index (χ0) is 21.5. The Bertz CT molecular complexity index is 830. The minimum atomic E-state index is 0.146. The number of fused-ring (bicyclic) bond motifs is 1. The highest BCUT2D eigenvalue weighted by atomic mass is 16.2. The normalized spacial score (nSPS) is 18.2. The van der Waals surface area contributed by atoms with Crippen LogP contribution < -0.4 is 26.2 Å². The second-order valence-corrected chi connectivity index (χ2v) is 8.14. The Hall–Kier alpha value is -2.73. The van der Waals surface area contributed by atoms with Gasteiger partial charge in [-0.25, -0.2) is 0 Å². The monoisotopic (exact) mass is 409 g/mol. The van der Waals surface area contributed by atoms with E-state index < -0.39 is 0 Å². The molecule has 30 heavy (non-hydrogen) atoms. The Kier molecular flexibility index (Phi) is 7.57. The first-order valence-corrected chi connectivity index (χ1v) is 10.9. The maximum atomic E-state index is 11.8. The molecule has 4 rings (SSSR count). The van der Waals surface area contributed by atoms with Crippen LogP contribution in [0.5, 0.6) is 0 Å². The molecule has 0 aliphatic carbocycles. The van der Waals surface area contributed by atoms with Crippen molar-refractivity contribution in [3.8, 4) is 0 Å². The van der Waals surface area contributed by atoms with Crippen LogP contribution in [0.4, 0.5) is 22.7 Å². The maximum Gasteiger partial charge on any atom is 0.223 e. The predicted octanol–water partition coefficient (Wildman–Crippen LogP) is 3.34. The summed E-state index contributed by atoms with van der Waals surface area (Å²) in [6.45, 7) is 12.0. The van der Waals surface area contributed by atoms with E-state index in [0.29, 0.717) is 5.92 Å². The van der Waals surface area contributed by atoms with Crippen molar-refractivity contribution in [3.05, 3.63) is 48.0 Å². The maximum absolute atomic E-state index is 11.8. The lowest BCUT2D eigenvalue weighted by Gasteiger charge is -2.35. The molecule has 1 saturated heterocycles. The van der Waals surface area contributed by atoms with Gasteiger partial charge in [-0.05, 0) is 67.3 Å². The van der Waals surface area contributed by atoms with Gasteiger partial charge >= 0.3 is 0 Å². The number of nitrogen functional groups attached to an aromatic ring is 1. The number of nitrogens with one attached hydrogen (secondary N) is 2. The molecule has 1 atom stereocenters. The van der Waals surface area contributed by atoms with Gasteiger partial charge in [0.2, 0.25) is 5.91 Å². The Balaban J connectivity index is 0.000000216. The number of carbonyl (C=O) groups excluding carboxylic acids is 1. The molecule has 162 valence electrons. The van der Waals surface area contributed by atoms with E-state index in [1.165, 1.54) is 11.3 Å². The number of carbonyl (C=O) groups is 1. The van der Waals surface area contributed by atoms with Crippen molar-refractivity contribution in [1.29, 1.82) is 0 Å². The molecule has 0 saturated carbocycles. The van der Waals surface area contributed by atoms with E-state index in [9.17, 15) is 4.79 Å². The SMILES string of the molecule is CC(=O)N1C[C@H](C)Cc2cc(N3CCNCC3)ccc21.CCNc1ccc(N)cc1. The lowest BCUT2D eigenvalue weighted by molar-refractivity contribution is -0.116. The molecule has 0 unspecified atom stereocenters. The van der Waals surface area contributed by atoms with Gasteiger partial charge in [-0.15, -0.1) is 0 Å². The van der Waals surface area contributed by atoms with E-state index in [1.807, 2.05) is 29.2 Å². The van der Waals surface area contributed by atoms with Crippen molar-refractivity contribution in [1.82, 2.24) is 5.32 Å². The lowest BCUT2D eigenvalue weighted by atomic mass is 9.93. The summed E-state index contributed by atoms with van der Waals surface area (Å²) >= 11 is 0. The fourth-order valence-corrected chi connectivity index (χ4v) is 4.07. The summed E-state index contributed by atoms with van der Waals surface area (Å²) in [4.78, 5) is 16.1. The van der Waals surface area contributed by atoms with E-state index in [4.69, 9.17) is 5.73 Å². The molecule has 1 fully saturated rings. The highest BCUT2D eigenvalue weighted by molar-refractivity contribution is 5.93. The van der Waals surface area contributed by atoms with E-state index in [2.05, 4.69) is 47.6 Å². The van der Waals surface area contributed by atoms with Gasteiger partial charge in [-0.1, -0.05) is 6.92 Å². The first-order chi connectivity index (χ1) is 14.5. The van der Waals surface area contributed by atoms with Crippen molar-refractivity contribution in [2.45, 2.75) is 27.2 Å². The van der Waals surface area contributed by atoms with Gasteiger partial charge < -0.3 is 26.2 Å². The van der Waals surface area contributed by atoms with Gasteiger partial charge in [-0.3, -0.25) is 4.79 Å². The summed E-state index contributed by atoms with van der Waals surface area (Å²) < 4.78 is 0. The summed E-state index contributed by atoms with van der Waals surface area (Å²) in [7, 11) is 0. The standard InChI is InChI=1S/C16H23N3O.C8H12N2/c1-12-9-14-10-15(18-7-5-17-6-8-18)3-4-16(14)19(11-12)13(2)20;1-2-10-8-5-3-7(9)4-6-8/h3-4,10,12,17H,5-9,11H2,1-2H3;3-6,10H,2,9H2,1H3/t12-;/m1./s1. The van der Waals surface area contributed by atoms with Gasteiger partial charge in [-0.2, -0.15) is 0 Å². The molecule has 0 bridgehead atoms. The van der Waals surface area contributed by atoms with Gasteiger partial charge in [0.25, 0.3) is 0 Å². The molecule has 2 aromatic rings. The Labute approximate surface area is 180 Å². The minimum absolute atomic E-state index is 0.146. The average Bonchev–Trinajstić information content (AvgIpc) is 2.75. The van der Waals surface area contributed by atoms with Crippen LogP contribution in [0.3, 0.4) is 0 Å². The molecule has 2 aliphatic rings. The summed E-state index contributed by atoms with van der Waals surface area (Å²) in [6, 6.07) is 14.3. The van der Waals surface area contributed by atoms with E-state index in [0.717, 1.165) is 62.8 Å². The number of nitrogens with two attached hydrogens (primary N) is 1. The van der Waals surface area contributed by atoms with E-state index in [1.54, 1.807) is 6.92 Å².